The van der Waals surface area contributed by atoms with Gasteiger partial charge in [0.05, 0.1) is 17.6 Å². The normalized spacial score (nSPS) is 11.0. The van der Waals surface area contributed by atoms with Crippen LogP contribution in [0.1, 0.15) is 35.8 Å². The maximum Gasteiger partial charge on any atom is 0.256 e. The summed E-state index contributed by atoms with van der Waals surface area (Å²) in [6.45, 7) is 5.08. The number of fused-ring (bicyclic) bond motifs is 1. The number of aromatic nitrogens is 5. The number of aryl methyl sites for hydroxylation is 2. The van der Waals surface area contributed by atoms with Gasteiger partial charge < -0.3 is 5.32 Å². The Morgan fingerprint density at radius 1 is 1.35 bits per heavy atom. The Morgan fingerprint density at radius 2 is 2.15 bits per heavy atom. The van der Waals surface area contributed by atoms with Gasteiger partial charge in [0.25, 0.3) is 5.91 Å². The molecule has 9 heteroatoms. The van der Waals surface area contributed by atoms with Gasteiger partial charge in [-0.05, 0) is 37.9 Å². The van der Waals surface area contributed by atoms with Crippen LogP contribution in [-0.2, 0) is 11.3 Å². The number of amides is 1. The second-order valence-electron chi connectivity index (χ2n) is 5.82. The van der Waals surface area contributed by atoms with Crippen molar-refractivity contribution < 1.29 is 9.59 Å². The van der Waals surface area contributed by atoms with Crippen molar-refractivity contribution in [1.29, 1.82) is 0 Å². The van der Waals surface area contributed by atoms with Gasteiger partial charge in [-0.2, -0.15) is 10.2 Å². The molecule has 0 aromatic carbocycles. The Balaban J connectivity index is 1.87. The van der Waals surface area contributed by atoms with E-state index in [1.54, 1.807) is 10.7 Å². The molecule has 0 aliphatic rings. The fraction of sp³-hybridized carbons (Fsp3) is 0.353. The molecule has 0 aliphatic heterocycles. The molecular weight excluding hydrogens is 356 g/mol. The lowest BCUT2D eigenvalue weighted by molar-refractivity contribution is -0.111. The first-order valence-corrected chi connectivity index (χ1v) is 8.72. The molecule has 1 amide bonds. The topological polar surface area (TPSA) is 94.2 Å². The van der Waals surface area contributed by atoms with Gasteiger partial charge in [-0.15, -0.1) is 0 Å². The highest BCUT2D eigenvalue weighted by Gasteiger charge is 2.17. The summed E-state index contributed by atoms with van der Waals surface area (Å²) < 4.78 is 3.49. The smallest absolute Gasteiger partial charge is 0.256 e. The summed E-state index contributed by atoms with van der Waals surface area (Å²) in [4.78, 5) is 27.4. The summed E-state index contributed by atoms with van der Waals surface area (Å²) in [5, 5.41) is 11.1. The fourth-order valence-corrected chi connectivity index (χ4v) is 2.85. The highest BCUT2D eigenvalue weighted by atomic mass is 35.5. The molecule has 0 bridgehead atoms. The van der Waals surface area contributed by atoms with Crippen molar-refractivity contribution in [2.75, 3.05) is 6.54 Å². The lowest BCUT2D eigenvalue weighted by atomic mass is 10.2. The lowest BCUT2D eigenvalue weighted by Crippen LogP contribution is -2.24. The van der Waals surface area contributed by atoms with Crippen LogP contribution in [0.25, 0.3) is 16.9 Å². The standard InChI is InChI=1S/C17H19ClN6O2/c1-3-23-10-13(11(2)22-23)14-6-8-19-16-12(9-21-24(14)16)17(26)20-7-4-5-15(18)25/h6,8-10H,3-5,7H2,1-2H3,(H,20,26). The molecule has 0 saturated carbocycles. The number of rotatable bonds is 7. The molecule has 3 heterocycles. The molecule has 1 N–H and O–H groups in total. The number of carbonyl (C=O) groups excluding carboxylic acids is 2. The van der Waals surface area contributed by atoms with Gasteiger partial charge in [-0.3, -0.25) is 14.3 Å². The first-order valence-electron chi connectivity index (χ1n) is 8.35. The van der Waals surface area contributed by atoms with Crippen molar-refractivity contribution in [3.05, 3.63) is 35.9 Å². The van der Waals surface area contributed by atoms with Crippen LogP contribution in [0.5, 0.6) is 0 Å². The minimum absolute atomic E-state index is 0.222. The van der Waals surface area contributed by atoms with Crippen LogP contribution in [0.15, 0.2) is 24.7 Å². The monoisotopic (exact) mass is 374 g/mol. The number of carbonyl (C=O) groups is 2. The van der Waals surface area contributed by atoms with Gasteiger partial charge in [-0.25, -0.2) is 9.50 Å². The summed E-state index contributed by atoms with van der Waals surface area (Å²) in [5.41, 5.74) is 3.49. The van der Waals surface area contributed by atoms with Crippen LogP contribution in [-0.4, -0.2) is 42.1 Å². The molecule has 8 nitrogen and oxygen atoms in total. The molecule has 0 fully saturated rings. The van der Waals surface area contributed by atoms with E-state index in [1.807, 2.05) is 30.8 Å². The van der Waals surface area contributed by atoms with E-state index in [4.69, 9.17) is 11.6 Å². The van der Waals surface area contributed by atoms with E-state index in [-0.39, 0.29) is 12.3 Å². The number of hydrogen-bond donors (Lipinski definition) is 1. The molecule has 0 spiro atoms. The summed E-state index contributed by atoms with van der Waals surface area (Å²) in [6, 6.07) is 1.85. The summed E-state index contributed by atoms with van der Waals surface area (Å²) in [7, 11) is 0. The molecule has 0 unspecified atom stereocenters. The average Bonchev–Trinajstić information content (AvgIpc) is 3.21. The summed E-state index contributed by atoms with van der Waals surface area (Å²) in [6.07, 6.45) is 5.81. The van der Waals surface area contributed by atoms with Gasteiger partial charge >= 0.3 is 0 Å². The van der Waals surface area contributed by atoms with Crippen LogP contribution in [0.4, 0.5) is 0 Å². The Morgan fingerprint density at radius 3 is 2.85 bits per heavy atom. The van der Waals surface area contributed by atoms with E-state index in [2.05, 4.69) is 20.5 Å². The minimum atomic E-state index is -0.412. The lowest BCUT2D eigenvalue weighted by Gasteiger charge is -2.05. The van der Waals surface area contributed by atoms with Crippen molar-refractivity contribution >= 4 is 28.4 Å². The molecular formula is C17H19ClN6O2. The van der Waals surface area contributed by atoms with Crippen molar-refractivity contribution in [2.45, 2.75) is 33.2 Å². The van der Waals surface area contributed by atoms with Gasteiger partial charge in [0.15, 0.2) is 5.65 Å². The zero-order valence-electron chi connectivity index (χ0n) is 14.6. The van der Waals surface area contributed by atoms with E-state index >= 15 is 0 Å². The minimum Gasteiger partial charge on any atom is -0.352 e. The molecule has 136 valence electrons. The van der Waals surface area contributed by atoms with Crippen LogP contribution in [0, 0.1) is 6.92 Å². The van der Waals surface area contributed by atoms with Crippen LogP contribution in [0.2, 0.25) is 0 Å². The van der Waals surface area contributed by atoms with Crippen molar-refractivity contribution in [2.24, 2.45) is 0 Å². The highest BCUT2D eigenvalue weighted by molar-refractivity contribution is 6.63. The Kier molecular flexibility index (Phi) is 5.32. The number of hydrogen-bond acceptors (Lipinski definition) is 5. The zero-order valence-corrected chi connectivity index (χ0v) is 15.3. The molecule has 3 rings (SSSR count). The zero-order chi connectivity index (χ0) is 18.7. The second kappa shape index (κ2) is 7.65. The number of nitrogens with one attached hydrogen (secondary N) is 1. The predicted octanol–water partition coefficient (Wildman–Crippen LogP) is 2.20. The molecule has 3 aromatic rings. The van der Waals surface area contributed by atoms with E-state index in [0.717, 1.165) is 23.5 Å². The molecule has 3 aromatic heterocycles. The van der Waals surface area contributed by atoms with Gasteiger partial charge in [0, 0.05) is 37.5 Å². The number of nitrogens with zero attached hydrogens (tertiary/aromatic N) is 5. The van der Waals surface area contributed by atoms with Gasteiger partial charge in [-0.1, -0.05) is 0 Å². The third kappa shape index (κ3) is 3.60. The third-order valence-electron chi connectivity index (χ3n) is 4.03. The predicted molar refractivity (Wildman–Crippen MR) is 97.0 cm³/mol. The molecule has 0 radical (unpaired) electrons. The maximum absolute atomic E-state index is 12.4. The van der Waals surface area contributed by atoms with Crippen molar-refractivity contribution in [3.8, 4) is 11.3 Å². The quantitative estimate of drug-likeness (QED) is 0.505. The van der Waals surface area contributed by atoms with E-state index in [0.29, 0.717) is 24.2 Å². The fourth-order valence-electron chi connectivity index (χ4n) is 2.71. The van der Waals surface area contributed by atoms with Crippen molar-refractivity contribution in [3.63, 3.8) is 0 Å². The van der Waals surface area contributed by atoms with Crippen LogP contribution in [0.3, 0.4) is 0 Å². The first-order chi connectivity index (χ1) is 12.5. The van der Waals surface area contributed by atoms with Crippen LogP contribution >= 0.6 is 11.6 Å². The van der Waals surface area contributed by atoms with Crippen LogP contribution < -0.4 is 5.32 Å². The average molecular weight is 375 g/mol. The summed E-state index contributed by atoms with van der Waals surface area (Å²) >= 11 is 5.29. The van der Waals surface area contributed by atoms with Gasteiger partial charge in [0.2, 0.25) is 5.24 Å². The number of halogens is 1. The largest absolute Gasteiger partial charge is 0.352 e. The van der Waals surface area contributed by atoms with Crippen molar-refractivity contribution in [1.82, 2.24) is 29.7 Å². The molecule has 26 heavy (non-hydrogen) atoms. The van der Waals surface area contributed by atoms with E-state index in [9.17, 15) is 9.59 Å². The van der Waals surface area contributed by atoms with E-state index in [1.165, 1.54) is 6.20 Å². The third-order valence-corrected chi connectivity index (χ3v) is 4.22. The Hall–Kier alpha value is -2.74. The molecule has 0 atom stereocenters. The SMILES string of the molecule is CCn1cc(-c2ccnc3c(C(=O)NCCCC(=O)Cl)cnn23)c(C)n1. The second-order valence-corrected chi connectivity index (χ2v) is 6.24. The molecule has 0 saturated heterocycles. The maximum atomic E-state index is 12.4. The Bertz CT molecular complexity index is 961. The summed E-state index contributed by atoms with van der Waals surface area (Å²) in [5.74, 6) is -0.285. The van der Waals surface area contributed by atoms with E-state index < -0.39 is 5.24 Å². The molecule has 0 aliphatic carbocycles. The highest BCUT2D eigenvalue weighted by Crippen LogP contribution is 2.23. The first kappa shape index (κ1) is 18.1. The Labute approximate surface area is 155 Å². The van der Waals surface area contributed by atoms with Gasteiger partial charge in [0.1, 0.15) is 5.56 Å².